The van der Waals surface area contributed by atoms with Gasteiger partial charge in [-0.2, -0.15) is 0 Å². The topological polar surface area (TPSA) is 50.2 Å². The number of hydrogen-bond acceptors (Lipinski definition) is 4. The molecule has 0 radical (unpaired) electrons. The second-order valence-electron chi connectivity index (χ2n) is 3.61. The number of thiazole rings is 1. The zero-order chi connectivity index (χ0) is 13.1. The quantitative estimate of drug-likeness (QED) is 0.631. The minimum Gasteiger partial charge on any atom is -0.477 e. The van der Waals surface area contributed by atoms with Crippen molar-refractivity contribution in [2.75, 3.05) is 0 Å². The molecule has 3 nitrogen and oxygen atoms in total. The number of aryl methyl sites for hydroxylation is 1. The second-order valence-corrected chi connectivity index (χ2v) is 7.08. The molecule has 0 atom stereocenters. The summed E-state index contributed by atoms with van der Waals surface area (Å²) in [6, 6.07) is 8.28. The van der Waals surface area contributed by atoms with Crippen LogP contribution in [0.3, 0.4) is 0 Å². The molecule has 0 unspecified atom stereocenters. The van der Waals surface area contributed by atoms with Crippen LogP contribution in [0.25, 0.3) is 0 Å². The molecule has 0 saturated carbocycles. The molecule has 1 N–H and O–H groups in total. The predicted molar refractivity (Wildman–Crippen MR) is 82.5 cm³/mol. The highest BCUT2D eigenvalue weighted by atomic mass is 127. The standard InChI is InChI=1S/C12H10INO2S2/c1-7-10(11(15)16)18-12(14-7)17-6-8-2-4-9(13)5-3-8/h2-5H,6H2,1H3,(H,15,16). The monoisotopic (exact) mass is 391 g/mol. The van der Waals surface area contributed by atoms with E-state index >= 15 is 0 Å². The molecule has 2 aromatic rings. The molecule has 0 saturated heterocycles. The smallest absolute Gasteiger partial charge is 0.347 e. The van der Waals surface area contributed by atoms with E-state index in [1.54, 1.807) is 18.7 Å². The number of nitrogens with zero attached hydrogens (tertiary/aromatic N) is 1. The first-order valence-electron chi connectivity index (χ1n) is 5.14. The molecule has 0 aliphatic heterocycles. The predicted octanol–water partition coefficient (Wildman–Crippen LogP) is 4.05. The number of hydrogen-bond donors (Lipinski definition) is 1. The van der Waals surface area contributed by atoms with Crippen molar-refractivity contribution < 1.29 is 9.90 Å². The van der Waals surface area contributed by atoms with E-state index in [1.807, 2.05) is 0 Å². The summed E-state index contributed by atoms with van der Waals surface area (Å²) in [6.45, 7) is 1.73. The second kappa shape index (κ2) is 6.03. The van der Waals surface area contributed by atoms with Crippen molar-refractivity contribution in [3.8, 4) is 0 Å². The largest absolute Gasteiger partial charge is 0.477 e. The highest BCUT2D eigenvalue weighted by Crippen LogP contribution is 2.29. The summed E-state index contributed by atoms with van der Waals surface area (Å²) in [5.41, 5.74) is 1.81. The number of aromatic carboxylic acids is 1. The Morgan fingerprint density at radius 1 is 1.44 bits per heavy atom. The first kappa shape index (κ1) is 13.8. The number of halogens is 1. The maximum atomic E-state index is 10.9. The molecule has 94 valence electrons. The Balaban J connectivity index is 2.04. The lowest BCUT2D eigenvalue weighted by Crippen LogP contribution is -1.94. The summed E-state index contributed by atoms with van der Waals surface area (Å²) in [5.74, 6) is -0.0887. The Hall–Kier alpha value is -0.600. The zero-order valence-electron chi connectivity index (χ0n) is 9.51. The number of benzene rings is 1. The van der Waals surface area contributed by atoms with Gasteiger partial charge in [0.1, 0.15) is 4.88 Å². The van der Waals surface area contributed by atoms with Gasteiger partial charge in [0.25, 0.3) is 0 Å². The van der Waals surface area contributed by atoms with E-state index in [2.05, 4.69) is 51.8 Å². The summed E-state index contributed by atoms with van der Waals surface area (Å²) in [5, 5.41) is 8.96. The van der Waals surface area contributed by atoms with E-state index in [0.29, 0.717) is 10.6 Å². The lowest BCUT2D eigenvalue weighted by molar-refractivity contribution is 0.0701. The maximum absolute atomic E-state index is 10.9. The number of carboxylic acids is 1. The number of aromatic nitrogens is 1. The van der Waals surface area contributed by atoms with Crippen LogP contribution in [-0.2, 0) is 5.75 Å². The van der Waals surface area contributed by atoms with Crippen molar-refractivity contribution in [3.63, 3.8) is 0 Å². The van der Waals surface area contributed by atoms with Crippen LogP contribution in [0.4, 0.5) is 0 Å². The van der Waals surface area contributed by atoms with Gasteiger partial charge in [0.15, 0.2) is 4.34 Å². The highest BCUT2D eigenvalue weighted by Gasteiger charge is 2.14. The van der Waals surface area contributed by atoms with E-state index in [4.69, 9.17) is 5.11 Å². The van der Waals surface area contributed by atoms with Gasteiger partial charge in [0.05, 0.1) is 5.69 Å². The Labute approximate surface area is 127 Å². The first-order valence-corrected chi connectivity index (χ1v) is 8.02. The van der Waals surface area contributed by atoms with Crippen LogP contribution >= 0.6 is 45.7 Å². The molecule has 2 rings (SSSR count). The fraction of sp³-hybridized carbons (Fsp3) is 0.167. The summed E-state index contributed by atoms with van der Waals surface area (Å²) in [7, 11) is 0. The number of thioether (sulfide) groups is 1. The third kappa shape index (κ3) is 3.46. The van der Waals surface area contributed by atoms with Crippen molar-refractivity contribution in [1.29, 1.82) is 0 Å². The van der Waals surface area contributed by atoms with Crippen LogP contribution in [0, 0.1) is 10.5 Å². The third-order valence-electron chi connectivity index (χ3n) is 2.25. The SMILES string of the molecule is Cc1nc(SCc2ccc(I)cc2)sc1C(=O)O. The van der Waals surface area contributed by atoms with E-state index in [-0.39, 0.29) is 0 Å². The molecule has 1 aromatic carbocycles. The Morgan fingerprint density at radius 3 is 2.67 bits per heavy atom. The van der Waals surface area contributed by atoms with Gasteiger partial charge in [0.2, 0.25) is 0 Å². The van der Waals surface area contributed by atoms with Gasteiger partial charge in [-0.05, 0) is 47.2 Å². The van der Waals surface area contributed by atoms with Gasteiger partial charge in [0, 0.05) is 9.32 Å². The van der Waals surface area contributed by atoms with E-state index in [1.165, 1.54) is 20.5 Å². The fourth-order valence-electron chi connectivity index (χ4n) is 1.36. The Kier molecular flexibility index (Phi) is 4.63. The molecule has 0 fully saturated rings. The average molecular weight is 391 g/mol. The van der Waals surface area contributed by atoms with E-state index in [9.17, 15) is 4.79 Å². The van der Waals surface area contributed by atoms with Crippen LogP contribution in [0.15, 0.2) is 28.6 Å². The van der Waals surface area contributed by atoms with Gasteiger partial charge in [-0.15, -0.1) is 11.3 Å². The van der Waals surface area contributed by atoms with Crippen LogP contribution in [0.2, 0.25) is 0 Å². The highest BCUT2D eigenvalue weighted by molar-refractivity contribution is 14.1. The molecule has 1 heterocycles. The van der Waals surface area contributed by atoms with Crippen LogP contribution in [-0.4, -0.2) is 16.1 Å². The third-order valence-corrected chi connectivity index (χ3v) is 5.33. The lowest BCUT2D eigenvalue weighted by atomic mass is 10.2. The summed E-state index contributed by atoms with van der Waals surface area (Å²) in [6.07, 6.45) is 0. The molecule has 0 amide bonds. The van der Waals surface area contributed by atoms with Gasteiger partial charge in [-0.1, -0.05) is 23.9 Å². The van der Waals surface area contributed by atoms with Gasteiger partial charge >= 0.3 is 5.97 Å². The summed E-state index contributed by atoms with van der Waals surface area (Å²) < 4.78 is 2.02. The van der Waals surface area contributed by atoms with Gasteiger partial charge < -0.3 is 5.11 Å². The van der Waals surface area contributed by atoms with Crippen LogP contribution < -0.4 is 0 Å². The van der Waals surface area contributed by atoms with Crippen molar-refractivity contribution in [2.24, 2.45) is 0 Å². The molecule has 18 heavy (non-hydrogen) atoms. The minimum absolute atomic E-state index is 0.333. The van der Waals surface area contributed by atoms with Crippen LogP contribution in [0.1, 0.15) is 20.9 Å². The van der Waals surface area contributed by atoms with Crippen molar-refractivity contribution >= 4 is 51.7 Å². The molecule has 0 aliphatic carbocycles. The molecule has 0 aliphatic rings. The van der Waals surface area contributed by atoms with Gasteiger partial charge in [-0.25, -0.2) is 9.78 Å². The summed E-state index contributed by atoms with van der Waals surface area (Å²) in [4.78, 5) is 15.5. The van der Waals surface area contributed by atoms with E-state index in [0.717, 1.165) is 10.1 Å². The minimum atomic E-state index is -0.897. The molecule has 0 spiro atoms. The number of carbonyl (C=O) groups is 1. The fourth-order valence-corrected chi connectivity index (χ4v) is 3.70. The molecular weight excluding hydrogens is 381 g/mol. The van der Waals surface area contributed by atoms with E-state index < -0.39 is 5.97 Å². The molecule has 0 bridgehead atoms. The number of carboxylic acid groups (broad SMARTS) is 1. The summed E-state index contributed by atoms with van der Waals surface area (Å²) >= 11 is 5.08. The average Bonchev–Trinajstić information content (AvgIpc) is 2.70. The van der Waals surface area contributed by atoms with Crippen LogP contribution in [0.5, 0.6) is 0 Å². The Morgan fingerprint density at radius 2 is 2.11 bits per heavy atom. The van der Waals surface area contributed by atoms with Crippen molar-refractivity contribution in [3.05, 3.63) is 44.0 Å². The van der Waals surface area contributed by atoms with Gasteiger partial charge in [-0.3, -0.25) is 0 Å². The number of rotatable bonds is 4. The first-order chi connectivity index (χ1) is 8.56. The molecular formula is C12H10INO2S2. The lowest BCUT2D eigenvalue weighted by Gasteiger charge is -1.98. The molecule has 1 aromatic heterocycles. The molecule has 6 heteroatoms. The van der Waals surface area contributed by atoms with Crippen molar-refractivity contribution in [2.45, 2.75) is 17.0 Å². The normalized spacial score (nSPS) is 10.6. The van der Waals surface area contributed by atoms with Crippen molar-refractivity contribution in [1.82, 2.24) is 4.98 Å². The zero-order valence-corrected chi connectivity index (χ0v) is 13.3. The Bertz CT molecular complexity index is 566. The maximum Gasteiger partial charge on any atom is 0.347 e.